The molecular weight excluding hydrogens is 215 g/mol. The molecule has 0 saturated carbocycles. The second kappa shape index (κ2) is 3.32. The molecule has 0 fully saturated rings. The third-order valence-electron chi connectivity index (χ3n) is 1.12. The summed E-state index contributed by atoms with van der Waals surface area (Å²) in [4.78, 5) is 3.87. The average molecular weight is 221 g/mol. The van der Waals surface area contributed by atoms with Crippen LogP contribution in [0.2, 0.25) is 5.15 Å². The van der Waals surface area contributed by atoms with Crippen LogP contribution in [0.4, 0.5) is 0 Å². The molecule has 0 saturated heterocycles. The monoisotopic (exact) mass is 220 g/mol. The summed E-state index contributed by atoms with van der Waals surface area (Å²) in [5.74, 6) is 0. The highest BCUT2D eigenvalue weighted by Crippen LogP contribution is 2.18. The third-order valence-corrected chi connectivity index (χ3v) is 2.06. The van der Waals surface area contributed by atoms with Crippen molar-refractivity contribution >= 4 is 27.5 Å². The molecule has 4 heteroatoms. The summed E-state index contributed by atoms with van der Waals surface area (Å²) in [5.41, 5.74) is 6.35. The molecular formula is C6H6BrClN2. The maximum Gasteiger partial charge on any atom is 0.130 e. The summed E-state index contributed by atoms with van der Waals surface area (Å²) < 4.78 is 0.912. The maximum absolute atomic E-state index is 5.59. The van der Waals surface area contributed by atoms with Crippen molar-refractivity contribution < 1.29 is 0 Å². The molecule has 0 aliphatic heterocycles. The number of rotatable bonds is 1. The number of aromatic nitrogens is 1. The van der Waals surface area contributed by atoms with E-state index < -0.39 is 0 Å². The van der Waals surface area contributed by atoms with Crippen LogP contribution in [-0.4, -0.2) is 4.98 Å². The van der Waals surface area contributed by atoms with Crippen LogP contribution in [0.3, 0.4) is 0 Å². The second-order valence-electron chi connectivity index (χ2n) is 1.80. The fourth-order valence-corrected chi connectivity index (χ4v) is 1.36. The third kappa shape index (κ3) is 1.68. The van der Waals surface area contributed by atoms with Crippen LogP contribution in [0.1, 0.15) is 5.56 Å². The zero-order chi connectivity index (χ0) is 7.56. The average Bonchev–Trinajstić information content (AvgIpc) is 1.88. The van der Waals surface area contributed by atoms with Crippen molar-refractivity contribution in [2.45, 2.75) is 6.54 Å². The van der Waals surface area contributed by atoms with Gasteiger partial charge in [-0.3, -0.25) is 0 Å². The Hall–Kier alpha value is -0.120. The first-order valence-electron chi connectivity index (χ1n) is 2.74. The van der Waals surface area contributed by atoms with Gasteiger partial charge in [-0.15, -0.1) is 0 Å². The molecule has 0 aliphatic rings. The first-order valence-corrected chi connectivity index (χ1v) is 3.91. The van der Waals surface area contributed by atoms with E-state index in [1.165, 1.54) is 0 Å². The summed E-state index contributed by atoms with van der Waals surface area (Å²) in [7, 11) is 0. The minimum Gasteiger partial charge on any atom is -0.326 e. The fraction of sp³-hybridized carbons (Fsp3) is 0.167. The molecule has 2 nitrogen and oxygen atoms in total. The molecule has 0 bridgehead atoms. The maximum atomic E-state index is 5.59. The zero-order valence-corrected chi connectivity index (χ0v) is 7.48. The van der Waals surface area contributed by atoms with Crippen LogP contribution in [0, 0.1) is 0 Å². The van der Waals surface area contributed by atoms with E-state index in [1.54, 1.807) is 12.3 Å². The number of nitrogens with two attached hydrogens (primary N) is 1. The van der Waals surface area contributed by atoms with E-state index in [1.807, 2.05) is 0 Å². The molecule has 1 heterocycles. The lowest BCUT2D eigenvalue weighted by Gasteiger charge is -1.98. The predicted octanol–water partition coefficient (Wildman–Crippen LogP) is 1.96. The lowest BCUT2D eigenvalue weighted by molar-refractivity contribution is 1.04. The molecule has 2 N–H and O–H groups in total. The Bertz CT molecular complexity index is 239. The summed E-state index contributed by atoms with van der Waals surface area (Å²) in [5, 5.41) is 0.476. The topological polar surface area (TPSA) is 38.9 Å². The highest BCUT2D eigenvalue weighted by molar-refractivity contribution is 9.10. The van der Waals surface area contributed by atoms with Gasteiger partial charge in [0.2, 0.25) is 0 Å². The van der Waals surface area contributed by atoms with Crippen LogP contribution >= 0.6 is 27.5 Å². The van der Waals surface area contributed by atoms with Gasteiger partial charge >= 0.3 is 0 Å². The highest BCUT2D eigenvalue weighted by Gasteiger charge is 1.97. The zero-order valence-electron chi connectivity index (χ0n) is 5.14. The van der Waals surface area contributed by atoms with Gasteiger partial charge in [0, 0.05) is 17.2 Å². The van der Waals surface area contributed by atoms with Crippen LogP contribution in [0.15, 0.2) is 16.7 Å². The summed E-state index contributed by atoms with van der Waals surface area (Å²) in [6.07, 6.45) is 1.66. The van der Waals surface area contributed by atoms with Crippen molar-refractivity contribution in [3.05, 3.63) is 27.5 Å². The van der Waals surface area contributed by atoms with E-state index in [-0.39, 0.29) is 0 Å². The van der Waals surface area contributed by atoms with E-state index in [0.717, 1.165) is 10.0 Å². The Balaban J connectivity index is 3.07. The van der Waals surface area contributed by atoms with Crippen LogP contribution in [0.5, 0.6) is 0 Å². The second-order valence-corrected chi connectivity index (χ2v) is 3.04. The van der Waals surface area contributed by atoms with Crippen LogP contribution in [-0.2, 0) is 6.54 Å². The smallest absolute Gasteiger partial charge is 0.130 e. The SMILES string of the molecule is NCc1cnc(Cl)cc1Br. The standard InChI is InChI=1S/C6H6BrClN2/c7-5-1-6(8)10-3-4(5)2-9/h1,3H,2,9H2. The first kappa shape index (κ1) is 7.98. The molecule has 1 aromatic heterocycles. The van der Waals surface area contributed by atoms with Gasteiger partial charge in [-0.25, -0.2) is 4.98 Å². The van der Waals surface area contributed by atoms with Gasteiger partial charge < -0.3 is 5.73 Å². The van der Waals surface area contributed by atoms with Crippen molar-refractivity contribution in [2.24, 2.45) is 5.73 Å². The normalized spacial score (nSPS) is 9.90. The van der Waals surface area contributed by atoms with Gasteiger partial charge in [-0.1, -0.05) is 27.5 Å². The minimum atomic E-state index is 0.476. The molecule has 1 aromatic rings. The Morgan fingerprint density at radius 1 is 1.70 bits per heavy atom. The Labute approximate surface area is 72.5 Å². The van der Waals surface area contributed by atoms with E-state index in [2.05, 4.69) is 20.9 Å². The Kier molecular flexibility index (Phi) is 2.65. The first-order chi connectivity index (χ1) is 4.74. The van der Waals surface area contributed by atoms with Crippen molar-refractivity contribution in [3.8, 4) is 0 Å². The summed E-state index contributed by atoms with van der Waals surface area (Å²) in [6.45, 7) is 0.477. The largest absolute Gasteiger partial charge is 0.326 e. The lowest BCUT2D eigenvalue weighted by Crippen LogP contribution is -1.97. The predicted molar refractivity (Wildman–Crippen MR) is 44.8 cm³/mol. The van der Waals surface area contributed by atoms with Gasteiger partial charge in [0.1, 0.15) is 5.15 Å². The molecule has 0 unspecified atom stereocenters. The Morgan fingerprint density at radius 3 is 2.90 bits per heavy atom. The molecule has 1 rings (SSSR count). The van der Waals surface area contributed by atoms with E-state index in [0.29, 0.717) is 11.7 Å². The lowest BCUT2D eigenvalue weighted by atomic mass is 10.3. The van der Waals surface area contributed by atoms with Gasteiger partial charge in [-0.05, 0) is 11.6 Å². The van der Waals surface area contributed by atoms with Crippen LogP contribution in [0.25, 0.3) is 0 Å². The minimum absolute atomic E-state index is 0.476. The van der Waals surface area contributed by atoms with Gasteiger partial charge in [0.05, 0.1) is 0 Å². The van der Waals surface area contributed by atoms with E-state index >= 15 is 0 Å². The molecule has 0 amide bonds. The molecule has 54 valence electrons. The molecule has 0 atom stereocenters. The number of halogens is 2. The highest BCUT2D eigenvalue weighted by atomic mass is 79.9. The molecule has 0 aliphatic carbocycles. The van der Waals surface area contributed by atoms with Gasteiger partial charge in [0.25, 0.3) is 0 Å². The van der Waals surface area contributed by atoms with Crippen molar-refractivity contribution in [2.75, 3.05) is 0 Å². The number of hydrogen-bond acceptors (Lipinski definition) is 2. The molecule has 10 heavy (non-hydrogen) atoms. The van der Waals surface area contributed by atoms with Crippen molar-refractivity contribution in [3.63, 3.8) is 0 Å². The Morgan fingerprint density at radius 2 is 2.40 bits per heavy atom. The summed E-state index contributed by atoms with van der Waals surface area (Å²) >= 11 is 8.89. The molecule has 0 radical (unpaired) electrons. The van der Waals surface area contributed by atoms with E-state index in [4.69, 9.17) is 17.3 Å². The van der Waals surface area contributed by atoms with Gasteiger partial charge in [0.15, 0.2) is 0 Å². The van der Waals surface area contributed by atoms with Gasteiger partial charge in [-0.2, -0.15) is 0 Å². The van der Waals surface area contributed by atoms with Crippen LogP contribution < -0.4 is 5.73 Å². The summed E-state index contributed by atoms with van der Waals surface area (Å²) in [6, 6.07) is 1.73. The van der Waals surface area contributed by atoms with Crippen molar-refractivity contribution in [1.29, 1.82) is 0 Å². The fourth-order valence-electron chi connectivity index (χ4n) is 0.586. The number of hydrogen-bond donors (Lipinski definition) is 1. The number of nitrogens with zero attached hydrogens (tertiary/aromatic N) is 1. The van der Waals surface area contributed by atoms with E-state index in [9.17, 15) is 0 Å². The van der Waals surface area contributed by atoms with Crippen molar-refractivity contribution in [1.82, 2.24) is 4.98 Å². The number of pyridine rings is 1. The molecule has 0 aromatic carbocycles. The molecule has 0 spiro atoms. The quantitative estimate of drug-likeness (QED) is 0.736.